The van der Waals surface area contributed by atoms with Crippen LogP contribution in [0.3, 0.4) is 0 Å². The van der Waals surface area contributed by atoms with Gasteiger partial charge in [-0.05, 0) is 26.0 Å². The summed E-state index contributed by atoms with van der Waals surface area (Å²) in [4.78, 5) is 30.5. The number of hydrogen-bond acceptors (Lipinski definition) is 5. The van der Waals surface area contributed by atoms with Crippen LogP contribution in [0.2, 0.25) is 0 Å². The van der Waals surface area contributed by atoms with Gasteiger partial charge in [0.1, 0.15) is 11.7 Å². The van der Waals surface area contributed by atoms with Crippen LogP contribution in [0.15, 0.2) is 18.3 Å². The molecule has 0 bridgehead atoms. The van der Waals surface area contributed by atoms with Gasteiger partial charge in [-0.2, -0.15) is 18.3 Å². The molecule has 1 amide bonds. The van der Waals surface area contributed by atoms with Crippen molar-refractivity contribution in [3.05, 3.63) is 40.8 Å². The normalized spacial score (nSPS) is 16.5. The van der Waals surface area contributed by atoms with Gasteiger partial charge in [0, 0.05) is 45.0 Å². The maximum Gasteiger partial charge on any atom is 0.398 e. The molecule has 162 valence electrons. The SMILES string of the molecule is CC(C)n1nc(C(=O)O)c2c1[C@H](C(F)(F)F)CN(c1ccc(C(=O)N(C)C)cn1)C2. The zero-order valence-corrected chi connectivity index (χ0v) is 16.9. The molecular formula is C19H22F3N5O3. The Morgan fingerprint density at radius 3 is 2.40 bits per heavy atom. The minimum absolute atomic E-state index is 0.0278. The lowest BCUT2D eigenvalue weighted by atomic mass is 9.93. The summed E-state index contributed by atoms with van der Waals surface area (Å²) in [7, 11) is 3.16. The van der Waals surface area contributed by atoms with Gasteiger partial charge in [-0.3, -0.25) is 9.48 Å². The van der Waals surface area contributed by atoms with Crippen LogP contribution in [0.4, 0.5) is 19.0 Å². The van der Waals surface area contributed by atoms with Crippen LogP contribution >= 0.6 is 0 Å². The average molecular weight is 425 g/mol. The van der Waals surface area contributed by atoms with E-state index in [1.807, 2.05) is 0 Å². The van der Waals surface area contributed by atoms with Crippen molar-refractivity contribution < 1.29 is 27.9 Å². The van der Waals surface area contributed by atoms with Crippen molar-refractivity contribution >= 4 is 17.7 Å². The fourth-order valence-corrected chi connectivity index (χ4v) is 3.53. The maximum absolute atomic E-state index is 13.9. The number of carbonyl (C=O) groups excluding carboxylic acids is 1. The summed E-state index contributed by atoms with van der Waals surface area (Å²) in [5.74, 6) is -3.36. The number of hydrogen-bond donors (Lipinski definition) is 1. The number of fused-ring (bicyclic) bond motifs is 1. The highest BCUT2D eigenvalue weighted by molar-refractivity contribution is 5.93. The molecular weight excluding hydrogens is 403 g/mol. The summed E-state index contributed by atoms with van der Waals surface area (Å²) in [6, 6.07) is 2.51. The number of carbonyl (C=O) groups is 2. The number of aromatic nitrogens is 3. The fourth-order valence-electron chi connectivity index (χ4n) is 3.53. The van der Waals surface area contributed by atoms with Gasteiger partial charge in [-0.25, -0.2) is 9.78 Å². The topological polar surface area (TPSA) is 91.6 Å². The Morgan fingerprint density at radius 2 is 1.93 bits per heavy atom. The second-order valence-corrected chi connectivity index (χ2v) is 7.64. The Morgan fingerprint density at radius 1 is 1.27 bits per heavy atom. The number of amides is 1. The predicted octanol–water partition coefficient (Wildman–Crippen LogP) is 2.93. The second-order valence-electron chi connectivity index (χ2n) is 7.64. The molecule has 1 aliphatic rings. The molecule has 1 atom stereocenters. The molecule has 1 aliphatic heterocycles. The van der Waals surface area contributed by atoms with Crippen molar-refractivity contribution in [3.8, 4) is 0 Å². The van der Waals surface area contributed by atoms with Crippen LogP contribution in [0.1, 0.15) is 57.9 Å². The van der Waals surface area contributed by atoms with E-state index in [4.69, 9.17) is 0 Å². The van der Waals surface area contributed by atoms with E-state index in [0.29, 0.717) is 5.56 Å². The predicted molar refractivity (Wildman–Crippen MR) is 102 cm³/mol. The number of anilines is 1. The molecule has 8 nitrogen and oxygen atoms in total. The van der Waals surface area contributed by atoms with Crippen LogP contribution < -0.4 is 4.90 Å². The highest BCUT2D eigenvalue weighted by Crippen LogP contribution is 2.43. The molecule has 0 radical (unpaired) electrons. The van der Waals surface area contributed by atoms with Crippen LogP contribution in [-0.2, 0) is 6.54 Å². The summed E-state index contributed by atoms with van der Waals surface area (Å²) in [6.07, 6.45) is -3.30. The van der Waals surface area contributed by atoms with Gasteiger partial charge in [-0.15, -0.1) is 0 Å². The molecule has 0 saturated carbocycles. The molecule has 0 saturated heterocycles. The van der Waals surface area contributed by atoms with E-state index in [1.54, 1.807) is 27.9 Å². The Labute approximate surface area is 170 Å². The molecule has 0 spiro atoms. The standard InChI is InChI=1S/C19H22F3N5O3/c1-10(2)27-16-12(15(24-27)18(29)30)8-26(9-13(16)19(20,21)22)14-6-5-11(7-23-14)17(28)25(3)4/h5-7,10,13H,8-9H2,1-4H3,(H,29,30)/t13-/m1/s1. The van der Waals surface area contributed by atoms with E-state index in [0.717, 1.165) is 4.68 Å². The molecule has 0 unspecified atom stereocenters. The molecule has 11 heteroatoms. The highest BCUT2D eigenvalue weighted by atomic mass is 19.4. The Kier molecular flexibility index (Phi) is 5.48. The Hall–Kier alpha value is -3.11. The van der Waals surface area contributed by atoms with Crippen molar-refractivity contribution in [2.24, 2.45) is 0 Å². The van der Waals surface area contributed by atoms with Gasteiger partial charge in [0.25, 0.3) is 5.91 Å². The molecule has 30 heavy (non-hydrogen) atoms. The highest BCUT2D eigenvalue weighted by Gasteiger charge is 2.49. The monoisotopic (exact) mass is 425 g/mol. The fraction of sp³-hybridized carbons (Fsp3) is 0.474. The van der Waals surface area contributed by atoms with Crippen LogP contribution in [0, 0.1) is 0 Å². The third-order valence-corrected chi connectivity index (χ3v) is 4.94. The van der Waals surface area contributed by atoms with Gasteiger partial charge < -0.3 is 14.9 Å². The molecule has 2 aromatic heterocycles. The second kappa shape index (κ2) is 7.62. The Balaban J connectivity index is 2.06. The minimum atomic E-state index is -4.60. The zero-order chi connectivity index (χ0) is 22.4. The molecule has 0 fully saturated rings. The van der Waals surface area contributed by atoms with Crippen molar-refractivity contribution in [1.82, 2.24) is 19.7 Å². The van der Waals surface area contributed by atoms with E-state index < -0.39 is 36.3 Å². The van der Waals surface area contributed by atoms with E-state index in [9.17, 15) is 27.9 Å². The summed E-state index contributed by atoms with van der Waals surface area (Å²) in [5, 5.41) is 13.5. The third kappa shape index (κ3) is 3.83. The quantitative estimate of drug-likeness (QED) is 0.810. The lowest BCUT2D eigenvalue weighted by molar-refractivity contribution is -0.151. The van der Waals surface area contributed by atoms with Crippen LogP contribution in [0.25, 0.3) is 0 Å². The first-order chi connectivity index (χ1) is 13.9. The Bertz CT molecular complexity index is 967. The van der Waals surface area contributed by atoms with Crippen molar-refractivity contribution in [1.29, 1.82) is 0 Å². The summed E-state index contributed by atoms with van der Waals surface area (Å²) < 4.78 is 43.0. The van der Waals surface area contributed by atoms with E-state index >= 15 is 0 Å². The number of alkyl halides is 3. The van der Waals surface area contributed by atoms with Gasteiger partial charge >= 0.3 is 12.1 Å². The smallest absolute Gasteiger partial charge is 0.398 e. The van der Waals surface area contributed by atoms with Crippen molar-refractivity contribution in [2.75, 3.05) is 25.5 Å². The maximum atomic E-state index is 13.9. The van der Waals surface area contributed by atoms with Gasteiger partial charge in [0.2, 0.25) is 0 Å². The summed E-state index contributed by atoms with van der Waals surface area (Å²) >= 11 is 0. The van der Waals surface area contributed by atoms with E-state index in [1.165, 1.54) is 28.1 Å². The zero-order valence-electron chi connectivity index (χ0n) is 16.9. The first kappa shape index (κ1) is 21.6. The van der Waals surface area contributed by atoms with E-state index in [2.05, 4.69) is 10.1 Å². The van der Waals surface area contributed by atoms with Gasteiger partial charge in [0.15, 0.2) is 5.69 Å². The number of pyridine rings is 1. The van der Waals surface area contributed by atoms with Gasteiger partial charge in [0.05, 0.1) is 11.3 Å². The first-order valence-electron chi connectivity index (χ1n) is 9.25. The minimum Gasteiger partial charge on any atom is -0.476 e. The molecule has 3 rings (SSSR count). The molecule has 3 heterocycles. The van der Waals surface area contributed by atoms with Gasteiger partial charge in [-0.1, -0.05) is 0 Å². The number of carboxylic acid groups (broad SMARTS) is 1. The molecule has 2 aromatic rings. The first-order valence-corrected chi connectivity index (χ1v) is 9.25. The average Bonchev–Trinajstić information content (AvgIpc) is 3.06. The molecule has 1 N–H and O–H groups in total. The largest absolute Gasteiger partial charge is 0.476 e. The number of rotatable bonds is 4. The molecule has 0 aromatic carbocycles. The van der Waals surface area contributed by atoms with Crippen molar-refractivity contribution in [3.63, 3.8) is 0 Å². The van der Waals surface area contributed by atoms with Crippen molar-refractivity contribution in [2.45, 2.75) is 38.5 Å². The lowest BCUT2D eigenvalue weighted by Gasteiger charge is -2.35. The number of halogens is 3. The molecule has 0 aliphatic carbocycles. The number of aromatic carboxylic acids is 1. The number of nitrogens with zero attached hydrogens (tertiary/aromatic N) is 5. The van der Waals surface area contributed by atoms with Crippen LogP contribution in [-0.4, -0.2) is 63.5 Å². The van der Waals surface area contributed by atoms with E-state index in [-0.39, 0.29) is 29.5 Å². The number of carboxylic acids is 1. The summed E-state index contributed by atoms with van der Waals surface area (Å²) in [6.45, 7) is 2.80. The third-order valence-electron chi connectivity index (χ3n) is 4.94. The summed E-state index contributed by atoms with van der Waals surface area (Å²) in [5.41, 5.74) is -0.185. The lowest BCUT2D eigenvalue weighted by Crippen LogP contribution is -2.41. The van der Waals surface area contributed by atoms with Crippen LogP contribution in [0.5, 0.6) is 0 Å².